The van der Waals surface area contributed by atoms with Crippen molar-refractivity contribution < 1.29 is 9.18 Å². The Labute approximate surface area is 170 Å². The molecule has 1 aromatic carbocycles. The van der Waals surface area contributed by atoms with Crippen LogP contribution in [0.4, 0.5) is 4.39 Å². The van der Waals surface area contributed by atoms with Crippen LogP contribution in [0.5, 0.6) is 0 Å². The normalized spacial score (nSPS) is 27.2. The van der Waals surface area contributed by atoms with Crippen molar-refractivity contribution in [2.75, 3.05) is 7.05 Å². The lowest BCUT2D eigenvalue weighted by atomic mass is 9.75. The Bertz CT molecular complexity index is 1040. The van der Waals surface area contributed by atoms with Gasteiger partial charge < -0.3 is 10.3 Å². The molecule has 1 fully saturated rings. The van der Waals surface area contributed by atoms with Gasteiger partial charge in [0.2, 0.25) is 0 Å². The molecule has 0 saturated heterocycles. The van der Waals surface area contributed by atoms with Crippen molar-refractivity contribution in [2.45, 2.75) is 50.1 Å². The third-order valence-electron chi connectivity index (χ3n) is 6.61. The fourth-order valence-electron chi connectivity index (χ4n) is 4.74. The summed E-state index contributed by atoms with van der Waals surface area (Å²) in [5.41, 5.74) is 8.51. The van der Waals surface area contributed by atoms with Gasteiger partial charge in [-0.15, -0.1) is 0 Å². The summed E-state index contributed by atoms with van der Waals surface area (Å²) in [7, 11) is 1.95. The zero-order valence-corrected chi connectivity index (χ0v) is 17.3. The highest BCUT2D eigenvalue weighted by Gasteiger charge is 2.43. The molecule has 1 saturated carbocycles. The number of hydrogen-bond acceptors (Lipinski definition) is 4. The number of aromatic nitrogens is 2. The van der Waals surface area contributed by atoms with E-state index in [1.165, 1.54) is 0 Å². The van der Waals surface area contributed by atoms with Gasteiger partial charge in [0.05, 0.1) is 15.7 Å². The second kappa shape index (κ2) is 5.89. The molecule has 4 aliphatic rings. The van der Waals surface area contributed by atoms with Crippen molar-refractivity contribution >= 4 is 28.1 Å². The van der Waals surface area contributed by atoms with E-state index in [-0.39, 0.29) is 17.4 Å². The number of hydrazone groups is 1. The van der Waals surface area contributed by atoms with Crippen molar-refractivity contribution in [2.24, 2.45) is 10.8 Å². The molecule has 1 atom stereocenters. The summed E-state index contributed by atoms with van der Waals surface area (Å²) in [5, 5.41) is 6.32. The molecule has 28 heavy (non-hydrogen) atoms. The van der Waals surface area contributed by atoms with E-state index in [0.29, 0.717) is 22.5 Å². The number of amides is 1. The first-order valence-electron chi connectivity index (χ1n) is 9.45. The maximum absolute atomic E-state index is 14.2. The molecule has 6 rings (SSSR count). The lowest BCUT2D eigenvalue weighted by molar-refractivity contribution is 0.0992. The third-order valence-corrected chi connectivity index (χ3v) is 7.22. The minimum atomic E-state index is -0.528. The third kappa shape index (κ3) is 2.40. The lowest BCUT2D eigenvalue weighted by Crippen LogP contribution is -2.40. The number of halogens is 2. The summed E-state index contributed by atoms with van der Waals surface area (Å²) in [6.07, 6.45) is 5.16. The van der Waals surface area contributed by atoms with Gasteiger partial charge in [0.1, 0.15) is 17.3 Å². The van der Waals surface area contributed by atoms with Crippen LogP contribution in [0.1, 0.15) is 59.9 Å². The van der Waals surface area contributed by atoms with Crippen LogP contribution in [-0.2, 0) is 6.42 Å². The van der Waals surface area contributed by atoms with Gasteiger partial charge in [-0.25, -0.2) is 9.37 Å². The standard InChI is InChI=1S/C20H21BrFN5O/c1-20(3-4-24-26(20)2)9-16-17(18(23)28)25-19-13-7-14(21)15(22)8-12(13)10-5-11(6-10)27(16)19/h4,7-8,10-11H,3,5-6,9H2,1-2H3,(H2,23,28). The quantitative estimate of drug-likeness (QED) is 0.783. The molecule has 1 amide bonds. The number of rotatable bonds is 3. The maximum Gasteiger partial charge on any atom is 0.269 e. The van der Waals surface area contributed by atoms with Crippen molar-refractivity contribution in [3.63, 3.8) is 0 Å². The Balaban J connectivity index is 1.72. The van der Waals surface area contributed by atoms with E-state index in [0.717, 1.165) is 41.9 Å². The summed E-state index contributed by atoms with van der Waals surface area (Å²) in [6, 6.07) is 3.64. The Morgan fingerprint density at radius 3 is 2.82 bits per heavy atom. The summed E-state index contributed by atoms with van der Waals surface area (Å²) in [6.45, 7) is 2.13. The van der Waals surface area contributed by atoms with E-state index in [4.69, 9.17) is 5.73 Å². The van der Waals surface area contributed by atoms with Crippen molar-refractivity contribution in [1.29, 1.82) is 0 Å². The Hall–Kier alpha value is -2.22. The number of likely N-dealkylation sites (N-methyl/N-ethyl adjacent to an activating group) is 1. The van der Waals surface area contributed by atoms with Crippen LogP contribution in [0, 0.1) is 5.82 Å². The van der Waals surface area contributed by atoms with E-state index in [2.05, 4.69) is 37.5 Å². The largest absolute Gasteiger partial charge is 0.364 e. The molecule has 2 N–H and O–H groups in total. The van der Waals surface area contributed by atoms with Gasteiger partial charge in [-0.05, 0) is 59.3 Å². The minimum absolute atomic E-state index is 0.233. The molecule has 1 aliphatic carbocycles. The topological polar surface area (TPSA) is 76.5 Å². The number of hydrogen-bond donors (Lipinski definition) is 1. The smallest absolute Gasteiger partial charge is 0.269 e. The van der Waals surface area contributed by atoms with Crippen LogP contribution in [0.15, 0.2) is 21.7 Å². The summed E-state index contributed by atoms with van der Waals surface area (Å²) in [4.78, 5) is 17.0. The molecule has 146 valence electrons. The first-order valence-corrected chi connectivity index (χ1v) is 10.2. The minimum Gasteiger partial charge on any atom is -0.364 e. The predicted octanol–water partition coefficient (Wildman–Crippen LogP) is 3.61. The maximum atomic E-state index is 14.2. The van der Waals surface area contributed by atoms with Crippen LogP contribution in [-0.4, -0.2) is 39.3 Å². The zero-order valence-electron chi connectivity index (χ0n) is 15.7. The molecule has 2 aromatic rings. The molecule has 1 unspecified atom stereocenters. The van der Waals surface area contributed by atoms with E-state index >= 15 is 0 Å². The SMILES string of the molecule is CN1N=CCC1(C)Cc1c(C(N)=O)nc2n1C1CC(C1)c1cc(F)c(Br)cc1-2. The number of primary amides is 1. The second-order valence-electron chi connectivity index (χ2n) is 8.34. The molecular weight excluding hydrogens is 425 g/mol. The summed E-state index contributed by atoms with van der Waals surface area (Å²) < 4.78 is 16.8. The van der Waals surface area contributed by atoms with Crippen molar-refractivity contribution in [3.8, 4) is 11.4 Å². The van der Waals surface area contributed by atoms with Crippen LogP contribution < -0.4 is 5.73 Å². The summed E-state index contributed by atoms with van der Waals surface area (Å²) >= 11 is 3.30. The van der Waals surface area contributed by atoms with Gasteiger partial charge in [-0.3, -0.25) is 9.80 Å². The highest BCUT2D eigenvalue weighted by molar-refractivity contribution is 9.10. The number of benzene rings is 1. The van der Waals surface area contributed by atoms with E-state index in [1.54, 1.807) is 12.1 Å². The van der Waals surface area contributed by atoms with Crippen LogP contribution in [0.3, 0.4) is 0 Å². The molecule has 0 spiro atoms. The number of carbonyl (C=O) groups excluding carboxylic acids is 1. The fraction of sp³-hybridized carbons (Fsp3) is 0.450. The monoisotopic (exact) mass is 445 g/mol. The van der Waals surface area contributed by atoms with E-state index < -0.39 is 5.91 Å². The molecule has 0 radical (unpaired) electrons. The Morgan fingerprint density at radius 2 is 2.18 bits per heavy atom. The molecule has 3 aliphatic heterocycles. The molecule has 6 nitrogen and oxygen atoms in total. The molecule has 1 aromatic heterocycles. The van der Waals surface area contributed by atoms with Crippen LogP contribution in [0.2, 0.25) is 0 Å². The summed E-state index contributed by atoms with van der Waals surface area (Å²) in [5.74, 6) is 0.242. The average Bonchev–Trinajstić information content (AvgIpc) is 3.03. The van der Waals surface area contributed by atoms with Gasteiger partial charge in [-0.1, -0.05) is 0 Å². The number of carbonyl (C=O) groups is 1. The van der Waals surface area contributed by atoms with Gasteiger partial charge in [0, 0.05) is 37.7 Å². The van der Waals surface area contributed by atoms with Crippen molar-refractivity contribution in [3.05, 3.63) is 39.4 Å². The first kappa shape index (κ1) is 17.8. The predicted molar refractivity (Wildman–Crippen MR) is 108 cm³/mol. The van der Waals surface area contributed by atoms with E-state index in [9.17, 15) is 9.18 Å². The van der Waals surface area contributed by atoms with Crippen LogP contribution >= 0.6 is 15.9 Å². The number of nitrogens with zero attached hydrogens (tertiary/aromatic N) is 4. The Morgan fingerprint density at radius 1 is 1.43 bits per heavy atom. The molecule has 8 heteroatoms. The van der Waals surface area contributed by atoms with E-state index in [1.807, 2.05) is 18.3 Å². The highest BCUT2D eigenvalue weighted by Crippen LogP contribution is 2.53. The van der Waals surface area contributed by atoms with Gasteiger partial charge >= 0.3 is 0 Å². The number of nitrogens with two attached hydrogens (primary N) is 1. The average molecular weight is 446 g/mol. The fourth-order valence-corrected chi connectivity index (χ4v) is 5.08. The van der Waals surface area contributed by atoms with Gasteiger partial charge in [0.15, 0.2) is 0 Å². The van der Waals surface area contributed by atoms with Crippen LogP contribution in [0.25, 0.3) is 11.4 Å². The van der Waals surface area contributed by atoms with Crippen molar-refractivity contribution in [1.82, 2.24) is 14.6 Å². The second-order valence-corrected chi connectivity index (χ2v) is 9.19. The molecular formula is C20H21BrFN5O. The Kier molecular flexibility index (Phi) is 3.75. The number of imidazole rings is 1. The first-order chi connectivity index (χ1) is 13.3. The molecule has 4 heterocycles. The van der Waals surface area contributed by atoms with Gasteiger partial charge in [-0.2, -0.15) is 5.10 Å². The van der Waals surface area contributed by atoms with Gasteiger partial charge in [0.25, 0.3) is 5.91 Å². The lowest BCUT2D eigenvalue weighted by Gasteiger charge is -2.37. The molecule has 2 bridgehead atoms. The zero-order chi connectivity index (χ0) is 19.8. The highest BCUT2D eigenvalue weighted by atomic mass is 79.9.